The molecule has 0 spiro atoms. The number of nitrogens with one attached hydrogen (secondary N) is 1. The third kappa shape index (κ3) is 6.77. The zero-order chi connectivity index (χ0) is 29.7. The number of halogens is 2. The summed E-state index contributed by atoms with van der Waals surface area (Å²) in [6.45, 7) is 4.40. The molecule has 0 aliphatic carbocycles. The maximum atomic E-state index is 13.5. The van der Waals surface area contributed by atoms with Crippen LogP contribution in [0.25, 0.3) is 6.08 Å². The van der Waals surface area contributed by atoms with E-state index < -0.39 is 23.8 Å². The Morgan fingerprint density at radius 1 is 0.927 bits per heavy atom. The first-order chi connectivity index (χ1) is 19.6. The molecule has 0 saturated carbocycles. The van der Waals surface area contributed by atoms with Crippen LogP contribution in [0.1, 0.15) is 35.3 Å². The lowest BCUT2D eigenvalue weighted by molar-refractivity contribution is -0.122. The fraction of sp³-hybridized carbons (Fsp3) is 0.172. The van der Waals surface area contributed by atoms with Crippen LogP contribution >= 0.6 is 31.9 Å². The highest BCUT2D eigenvalue weighted by molar-refractivity contribution is 9.11. The van der Waals surface area contributed by atoms with Gasteiger partial charge in [0.2, 0.25) is 0 Å². The van der Waals surface area contributed by atoms with Gasteiger partial charge in [0.1, 0.15) is 29.4 Å². The van der Waals surface area contributed by atoms with E-state index in [2.05, 4.69) is 37.2 Å². The third-order valence-corrected chi connectivity index (χ3v) is 6.98. The minimum absolute atomic E-state index is 0.140. The van der Waals surface area contributed by atoms with Gasteiger partial charge in [-0.25, -0.2) is 14.5 Å². The van der Waals surface area contributed by atoms with Gasteiger partial charge in [-0.3, -0.25) is 14.9 Å². The van der Waals surface area contributed by atoms with Crippen LogP contribution in [0.4, 0.5) is 10.5 Å². The molecule has 10 nitrogen and oxygen atoms in total. The molecule has 4 rings (SSSR count). The molecule has 1 aliphatic heterocycles. The van der Waals surface area contributed by atoms with Crippen LogP contribution in [0.2, 0.25) is 0 Å². The first kappa shape index (κ1) is 29.8. The SMILES string of the molecule is CCOc1ccc(OCC)c(N2C(=O)NC(=O)/C(=C\c3cc(Br)c(OCc4ccc(C(=O)O)cc4)c(Br)c3)C2=O)c1. The van der Waals surface area contributed by atoms with E-state index in [-0.39, 0.29) is 35.8 Å². The number of amides is 4. The molecule has 2 N–H and O–H groups in total. The van der Waals surface area contributed by atoms with Gasteiger partial charge in [-0.1, -0.05) is 12.1 Å². The normalized spacial score (nSPS) is 14.2. The number of hydrogen-bond acceptors (Lipinski definition) is 7. The van der Waals surface area contributed by atoms with Crippen molar-refractivity contribution in [1.29, 1.82) is 0 Å². The van der Waals surface area contributed by atoms with Crippen molar-refractivity contribution in [1.82, 2.24) is 5.32 Å². The van der Waals surface area contributed by atoms with Gasteiger partial charge in [-0.05, 0) is 99.3 Å². The zero-order valence-corrected chi connectivity index (χ0v) is 25.1. The van der Waals surface area contributed by atoms with Crippen molar-refractivity contribution in [3.63, 3.8) is 0 Å². The van der Waals surface area contributed by atoms with Crippen LogP contribution in [-0.2, 0) is 16.2 Å². The van der Waals surface area contributed by atoms with Gasteiger partial charge >= 0.3 is 12.0 Å². The zero-order valence-electron chi connectivity index (χ0n) is 21.9. The second-order valence-corrected chi connectivity index (χ2v) is 10.3. The summed E-state index contributed by atoms with van der Waals surface area (Å²) in [6, 6.07) is 13.5. The number of imide groups is 2. The number of carbonyl (C=O) groups is 4. The molecule has 1 saturated heterocycles. The number of carbonyl (C=O) groups excluding carboxylic acids is 3. The number of hydrogen-bond donors (Lipinski definition) is 2. The van der Waals surface area contributed by atoms with Crippen LogP contribution in [0.15, 0.2) is 69.1 Å². The Morgan fingerprint density at radius 3 is 2.20 bits per heavy atom. The first-order valence-corrected chi connectivity index (χ1v) is 14.0. The Kier molecular flexibility index (Phi) is 9.46. The number of urea groups is 1. The number of benzene rings is 3. The average molecular weight is 688 g/mol. The van der Waals surface area contributed by atoms with Crippen molar-refractivity contribution in [2.24, 2.45) is 0 Å². The molecule has 0 aromatic heterocycles. The largest absolute Gasteiger partial charge is 0.494 e. The number of rotatable bonds is 10. The number of carboxylic acids is 1. The highest BCUT2D eigenvalue weighted by Crippen LogP contribution is 2.37. The molecule has 0 bridgehead atoms. The first-order valence-electron chi connectivity index (χ1n) is 12.4. The molecule has 0 atom stereocenters. The molecule has 1 heterocycles. The summed E-state index contributed by atoms with van der Waals surface area (Å²) in [4.78, 5) is 51.0. The predicted molar refractivity (Wildman–Crippen MR) is 157 cm³/mol. The van der Waals surface area contributed by atoms with Crippen LogP contribution in [-0.4, -0.2) is 42.1 Å². The summed E-state index contributed by atoms with van der Waals surface area (Å²) in [7, 11) is 0. The fourth-order valence-electron chi connectivity index (χ4n) is 3.95. The summed E-state index contributed by atoms with van der Waals surface area (Å²) < 4.78 is 18.1. The molecule has 1 aliphatic rings. The smallest absolute Gasteiger partial charge is 0.336 e. The van der Waals surface area contributed by atoms with Crippen molar-refractivity contribution >= 4 is 67.4 Å². The molecule has 1 fully saturated rings. The van der Waals surface area contributed by atoms with Crippen LogP contribution in [0.5, 0.6) is 17.2 Å². The minimum atomic E-state index is -1.01. The van der Waals surface area contributed by atoms with Crippen molar-refractivity contribution in [3.8, 4) is 17.2 Å². The van der Waals surface area contributed by atoms with Gasteiger partial charge in [0.25, 0.3) is 11.8 Å². The summed E-state index contributed by atoms with van der Waals surface area (Å²) in [5.74, 6) is -1.52. The van der Waals surface area contributed by atoms with Gasteiger partial charge in [-0.2, -0.15) is 0 Å². The summed E-state index contributed by atoms with van der Waals surface area (Å²) in [5.41, 5.74) is 1.28. The molecule has 3 aromatic rings. The molecular formula is C29H24Br2N2O8. The number of barbiturate groups is 1. The monoisotopic (exact) mass is 686 g/mol. The van der Waals surface area contributed by atoms with Gasteiger partial charge in [0.05, 0.1) is 33.4 Å². The Hall–Kier alpha value is -4.16. The topological polar surface area (TPSA) is 131 Å². The summed E-state index contributed by atoms with van der Waals surface area (Å²) >= 11 is 6.92. The van der Waals surface area contributed by atoms with Gasteiger partial charge in [-0.15, -0.1) is 0 Å². The lowest BCUT2D eigenvalue weighted by atomic mass is 10.1. The predicted octanol–water partition coefficient (Wildman–Crippen LogP) is 5.95. The van der Waals surface area contributed by atoms with E-state index in [0.717, 1.165) is 10.5 Å². The minimum Gasteiger partial charge on any atom is -0.494 e. The van der Waals surface area contributed by atoms with Crippen molar-refractivity contribution < 1.29 is 38.5 Å². The van der Waals surface area contributed by atoms with E-state index in [0.29, 0.717) is 32.6 Å². The van der Waals surface area contributed by atoms with Crippen LogP contribution in [0.3, 0.4) is 0 Å². The molecule has 0 unspecified atom stereocenters. The molecule has 0 radical (unpaired) electrons. The second kappa shape index (κ2) is 13.0. The molecular weight excluding hydrogens is 664 g/mol. The number of anilines is 1. The molecule has 212 valence electrons. The second-order valence-electron chi connectivity index (χ2n) is 8.56. The molecule has 41 heavy (non-hydrogen) atoms. The third-order valence-electron chi connectivity index (χ3n) is 5.80. The highest BCUT2D eigenvalue weighted by atomic mass is 79.9. The van der Waals surface area contributed by atoms with E-state index in [4.69, 9.17) is 19.3 Å². The van der Waals surface area contributed by atoms with E-state index in [1.165, 1.54) is 24.3 Å². The Bertz CT molecular complexity index is 1530. The maximum Gasteiger partial charge on any atom is 0.336 e. The number of nitrogens with zero attached hydrogens (tertiary/aromatic N) is 1. The maximum absolute atomic E-state index is 13.5. The molecule has 12 heteroatoms. The highest BCUT2D eigenvalue weighted by Gasteiger charge is 2.38. The lowest BCUT2D eigenvalue weighted by Crippen LogP contribution is -2.54. The number of carboxylic acid groups (broad SMARTS) is 1. The van der Waals surface area contributed by atoms with Crippen molar-refractivity contribution in [2.45, 2.75) is 20.5 Å². The van der Waals surface area contributed by atoms with E-state index in [9.17, 15) is 19.2 Å². The van der Waals surface area contributed by atoms with Gasteiger partial charge in [0, 0.05) is 6.07 Å². The standard InChI is InChI=1S/C29H24Br2N2O8/c1-3-39-19-9-10-24(40-4-2)23(14-19)33-27(35)20(26(34)32-29(33)38)11-17-12-21(30)25(22(31)13-17)41-15-16-5-7-18(8-6-16)28(36)37/h5-14H,3-4,15H2,1-2H3,(H,36,37)(H,32,34,38)/b20-11+. The van der Waals surface area contributed by atoms with Gasteiger partial charge in [0.15, 0.2) is 0 Å². The Morgan fingerprint density at radius 2 is 1.59 bits per heavy atom. The quantitative estimate of drug-likeness (QED) is 0.197. The lowest BCUT2D eigenvalue weighted by Gasteiger charge is -2.28. The number of aromatic carboxylic acids is 1. The van der Waals surface area contributed by atoms with Crippen LogP contribution in [0, 0.1) is 0 Å². The van der Waals surface area contributed by atoms with E-state index in [1.54, 1.807) is 50.2 Å². The Labute approximate surface area is 252 Å². The van der Waals surface area contributed by atoms with E-state index >= 15 is 0 Å². The fourth-order valence-corrected chi connectivity index (χ4v) is 5.40. The Balaban J connectivity index is 1.62. The van der Waals surface area contributed by atoms with E-state index in [1.807, 2.05) is 0 Å². The van der Waals surface area contributed by atoms with Crippen molar-refractivity contribution in [3.05, 3.63) is 85.8 Å². The summed E-state index contributed by atoms with van der Waals surface area (Å²) in [6.07, 6.45) is 1.37. The van der Waals surface area contributed by atoms with Crippen LogP contribution < -0.4 is 24.4 Å². The molecule has 3 aromatic carbocycles. The average Bonchev–Trinajstić information content (AvgIpc) is 2.92. The molecule has 4 amide bonds. The van der Waals surface area contributed by atoms with Gasteiger partial charge < -0.3 is 19.3 Å². The number of ether oxygens (including phenoxy) is 3. The summed E-state index contributed by atoms with van der Waals surface area (Å²) in [5, 5.41) is 11.3. The van der Waals surface area contributed by atoms with Crippen molar-refractivity contribution in [2.75, 3.05) is 18.1 Å².